The van der Waals surface area contributed by atoms with Gasteiger partial charge in [0.05, 0.1) is 10.0 Å². The van der Waals surface area contributed by atoms with E-state index in [-0.39, 0.29) is 0 Å². The van der Waals surface area contributed by atoms with Gasteiger partial charge < -0.3 is 4.42 Å². The maximum absolute atomic E-state index is 6.50. The average molecular weight is 520 g/mol. The smallest absolute Gasteiger partial charge is 0.167 e. The van der Waals surface area contributed by atoms with Gasteiger partial charge >= 0.3 is 0 Å². The minimum Gasteiger partial charge on any atom is -0.454 e. The summed E-state index contributed by atoms with van der Waals surface area (Å²) < 4.78 is 7.52. The number of hydrogen-bond donors (Lipinski definition) is 0. The van der Waals surface area contributed by atoms with Gasteiger partial charge in [-0.1, -0.05) is 98.3 Å². The van der Waals surface area contributed by atoms with Crippen molar-refractivity contribution in [1.82, 2.24) is 15.0 Å². The Balaban J connectivity index is 1.61. The van der Waals surface area contributed by atoms with E-state index in [0.29, 0.717) is 17.5 Å². The normalized spacial score (nSPS) is 11.4. The predicted octanol–water partition coefficient (Wildman–Crippen LogP) is 8.49. The van der Waals surface area contributed by atoms with E-state index in [4.69, 9.17) is 19.4 Å². The Morgan fingerprint density at radius 3 is 1.86 bits per heavy atom. The molecule has 0 N–H and O–H groups in total. The number of benzene rings is 4. The molecule has 0 aliphatic carbocycles. The number of hydrogen-bond acceptors (Lipinski definition) is 4. The highest BCUT2D eigenvalue weighted by atomic mass is 79.9. The van der Waals surface area contributed by atoms with E-state index in [9.17, 15) is 0 Å². The first-order valence-corrected chi connectivity index (χ1v) is 12.5. The van der Waals surface area contributed by atoms with Gasteiger partial charge in [0.1, 0.15) is 11.2 Å². The van der Waals surface area contributed by atoms with Gasteiger partial charge in [-0.2, -0.15) is 0 Å². The Morgan fingerprint density at radius 1 is 0.629 bits per heavy atom. The fourth-order valence-electron chi connectivity index (χ4n) is 4.44. The largest absolute Gasteiger partial charge is 0.454 e. The van der Waals surface area contributed by atoms with Crippen molar-refractivity contribution in [3.8, 4) is 34.2 Å². The molecule has 2 heterocycles. The number of rotatable bonds is 5. The third kappa shape index (κ3) is 3.92. The minimum atomic E-state index is 0.590. The molecule has 0 radical (unpaired) electrons. The summed E-state index contributed by atoms with van der Waals surface area (Å²) in [6, 6.07) is 30.5. The molecule has 0 bridgehead atoms. The van der Waals surface area contributed by atoms with Crippen LogP contribution in [0.2, 0.25) is 0 Å². The van der Waals surface area contributed by atoms with E-state index in [1.807, 2.05) is 72.8 Å². The summed E-state index contributed by atoms with van der Waals surface area (Å²) >= 11 is 3.79. The van der Waals surface area contributed by atoms with Crippen LogP contribution in [0.15, 0.2) is 99.9 Å². The van der Waals surface area contributed by atoms with Crippen LogP contribution < -0.4 is 0 Å². The van der Waals surface area contributed by atoms with Crippen LogP contribution >= 0.6 is 15.9 Å². The molecule has 4 nitrogen and oxygen atoms in total. The highest BCUT2D eigenvalue weighted by Gasteiger charge is 2.19. The van der Waals surface area contributed by atoms with Gasteiger partial charge in [0.25, 0.3) is 0 Å². The van der Waals surface area contributed by atoms with E-state index < -0.39 is 0 Å². The van der Waals surface area contributed by atoms with Crippen molar-refractivity contribution in [2.75, 3.05) is 0 Å². The number of halogens is 1. The average Bonchev–Trinajstić information content (AvgIpc) is 3.31. The number of aryl methyl sites for hydroxylation is 1. The number of fused-ring (bicyclic) bond motifs is 3. The van der Waals surface area contributed by atoms with Crippen molar-refractivity contribution in [3.05, 3.63) is 101 Å². The second-order valence-corrected chi connectivity index (χ2v) is 9.28. The second kappa shape index (κ2) is 9.08. The molecule has 0 unspecified atom stereocenters. The molecule has 0 aliphatic rings. The molecule has 0 spiro atoms. The first-order chi connectivity index (χ1) is 17.2. The Hall–Kier alpha value is -3.83. The van der Waals surface area contributed by atoms with Crippen molar-refractivity contribution >= 4 is 37.9 Å². The van der Waals surface area contributed by atoms with E-state index in [1.54, 1.807) is 0 Å². The van der Waals surface area contributed by atoms with E-state index in [2.05, 4.69) is 41.1 Å². The zero-order valence-corrected chi connectivity index (χ0v) is 20.8. The molecule has 6 rings (SSSR count). The molecule has 0 saturated heterocycles. The van der Waals surface area contributed by atoms with Crippen molar-refractivity contribution in [1.29, 1.82) is 0 Å². The van der Waals surface area contributed by atoms with Crippen LogP contribution in [0.1, 0.15) is 18.9 Å². The Morgan fingerprint density at radius 2 is 1.23 bits per heavy atom. The molecule has 0 saturated carbocycles. The van der Waals surface area contributed by atoms with Crippen LogP contribution in [-0.2, 0) is 6.42 Å². The summed E-state index contributed by atoms with van der Waals surface area (Å²) in [7, 11) is 0. The Bertz CT molecular complexity index is 1600. The lowest BCUT2D eigenvalue weighted by Gasteiger charge is -2.08. The molecule has 0 atom stereocenters. The van der Waals surface area contributed by atoms with Crippen LogP contribution in [0.5, 0.6) is 0 Å². The Kier molecular flexibility index (Phi) is 5.63. The van der Waals surface area contributed by atoms with E-state index in [0.717, 1.165) is 55.9 Å². The maximum atomic E-state index is 6.50. The maximum Gasteiger partial charge on any atom is 0.167 e. The number of para-hydroxylation sites is 1. The molecule has 0 aliphatic heterocycles. The molecular formula is C30H22BrN3O. The van der Waals surface area contributed by atoms with E-state index in [1.165, 1.54) is 5.56 Å². The third-order valence-corrected chi connectivity index (χ3v) is 7.02. The third-order valence-electron chi connectivity index (χ3n) is 6.15. The lowest BCUT2D eigenvalue weighted by atomic mass is 10.1. The van der Waals surface area contributed by atoms with E-state index >= 15 is 0 Å². The standard InChI is InChI=1S/C30H22BrN3O/c1-2-10-19-17-18-23-22-15-9-16-24(26(22)35-27(23)25(19)31)30-33-28(20-11-5-3-6-12-20)32-29(34-30)21-13-7-4-8-14-21/h3-9,11-18H,2,10H2,1H3. The van der Waals surface area contributed by atoms with Gasteiger partial charge in [0, 0.05) is 21.9 Å². The molecule has 0 fully saturated rings. The van der Waals surface area contributed by atoms with Crippen molar-refractivity contribution in [3.63, 3.8) is 0 Å². The topological polar surface area (TPSA) is 51.8 Å². The van der Waals surface area contributed by atoms with Gasteiger partial charge in [0.15, 0.2) is 17.5 Å². The van der Waals surface area contributed by atoms with Gasteiger partial charge in [-0.3, -0.25) is 0 Å². The van der Waals surface area contributed by atoms with Crippen LogP contribution in [0.3, 0.4) is 0 Å². The lowest BCUT2D eigenvalue weighted by Crippen LogP contribution is -2.00. The van der Waals surface area contributed by atoms with Gasteiger partial charge in [-0.25, -0.2) is 15.0 Å². The number of furan rings is 1. The summed E-state index contributed by atoms with van der Waals surface area (Å²) in [5, 5.41) is 2.12. The van der Waals surface area contributed by atoms with Crippen LogP contribution in [0.25, 0.3) is 56.1 Å². The molecule has 2 aromatic heterocycles. The summed E-state index contributed by atoms with van der Waals surface area (Å²) in [5.74, 6) is 1.86. The highest BCUT2D eigenvalue weighted by Crippen LogP contribution is 2.39. The zero-order chi connectivity index (χ0) is 23.8. The van der Waals surface area contributed by atoms with Gasteiger partial charge in [-0.05, 0) is 34.0 Å². The Labute approximate surface area is 211 Å². The molecule has 35 heavy (non-hydrogen) atoms. The van der Waals surface area contributed by atoms with Crippen LogP contribution in [0, 0.1) is 0 Å². The molecule has 6 aromatic rings. The fraction of sp³-hybridized carbons (Fsp3) is 0.100. The van der Waals surface area contributed by atoms with Crippen LogP contribution in [0.4, 0.5) is 0 Å². The predicted molar refractivity (Wildman–Crippen MR) is 145 cm³/mol. The fourth-order valence-corrected chi connectivity index (χ4v) is 5.06. The summed E-state index contributed by atoms with van der Waals surface area (Å²) in [6.07, 6.45) is 2.07. The second-order valence-electron chi connectivity index (χ2n) is 8.49. The van der Waals surface area contributed by atoms with Gasteiger partial charge in [-0.15, -0.1) is 0 Å². The molecule has 0 amide bonds. The molecule has 170 valence electrons. The summed E-state index contributed by atoms with van der Waals surface area (Å²) in [5.41, 5.74) is 5.62. The highest BCUT2D eigenvalue weighted by molar-refractivity contribution is 9.10. The van der Waals surface area contributed by atoms with Crippen molar-refractivity contribution in [2.45, 2.75) is 19.8 Å². The first-order valence-electron chi connectivity index (χ1n) is 11.7. The van der Waals surface area contributed by atoms with Crippen LogP contribution in [-0.4, -0.2) is 15.0 Å². The quantitative estimate of drug-likeness (QED) is 0.229. The van der Waals surface area contributed by atoms with Crippen molar-refractivity contribution < 1.29 is 4.42 Å². The van der Waals surface area contributed by atoms with Crippen molar-refractivity contribution in [2.24, 2.45) is 0 Å². The number of nitrogens with zero attached hydrogens (tertiary/aromatic N) is 3. The summed E-state index contributed by atoms with van der Waals surface area (Å²) in [6.45, 7) is 2.18. The molecular weight excluding hydrogens is 498 g/mol. The lowest BCUT2D eigenvalue weighted by molar-refractivity contribution is 0.666. The minimum absolute atomic E-state index is 0.590. The molecule has 4 aromatic carbocycles. The number of aromatic nitrogens is 3. The monoisotopic (exact) mass is 519 g/mol. The first kappa shape index (κ1) is 21.7. The summed E-state index contributed by atoms with van der Waals surface area (Å²) in [4.78, 5) is 14.6. The van der Waals surface area contributed by atoms with Gasteiger partial charge in [0.2, 0.25) is 0 Å². The zero-order valence-electron chi connectivity index (χ0n) is 19.2. The molecule has 5 heteroatoms. The SMILES string of the molecule is CCCc1ccc2c(oc3c(-c4nc(-c5ccccc5)nc(-c5ccccc5)n4)cccc32)c1Br.